The molecule has 0 spiro atoms. The highest BCUT2D eigenvalue weighted by Gasteiger charge is 2.25. The first kappa shape index (κ1) is 17.6. The summed E-state index contributed by atoms with van der Waals surface area (Å²) in [6.07, 6.45) is 7.58. The van der Waals surface area contributed by atoms with Crippen LogP contribution < -0.4 is 15.8 Å². The molecule has 1 aromatic carbocycles. The van der Waals surface area contributed by atoms with E-state index in [1.807, 2.05) is 0 Å². The molecular weight excluding hydrogens is 300 g/mol. The second-order valence-corrected chi connectivity index (χ2v) is 7.65. The molecule has 3 rings (SSSR count). The molecule has 1 saturated heterocycles. The Morgan fingerprint density at radius 3 is 2.29 bits per heavy atom. The van der Waals surface area contributed by atoms with Crippen molar-refractivity contribution < 1.29 is 9.47 Å². The Balaban J connectivity index is 1.45. The second-order valence-electron chi connectivity index (χ2n) is 7.65. The minimum absolute atomic E-state index is 0.258. The molecule has 1 aromatic rings. The van der Waals surface area contributed by atoms with Gasteiger partial charge in [-0.1, -0.05) is 0 Å². The van der Waals surface area contributed by atoms with Crippen LogP contribution in [0.2, 0.25) is 0 Å². The molecule has 1 saturated carbocycles. The van der Waals surface area contributed by atoms with E-state index < -0.39 is 0 Å². The van der Waals surface area contributed by atoms with Gasteiger partial charge in [0, 0.05) is 31.1 Å². The van der Waals surface area contributed by atoms with Crippen LogP contribution in [0.15, 0.2) is 24.3 Å². The molecule has 2 unspecified atom stereocenters. The Morgan fingerprint density at radius 1 is 1.04 bits per heavy atom. The van der Waals surface area contributed by atoms with Gasteiger partial charge in [-0.15, -0.1) is 0 Å². The van der Waals surface area contributed by atoms with Crippen molar-refractivity contribution in [2.75, 3.05) is 11.9 Å². The Bertz CT molecular complexity index is 487. The molecule has 3 N–H and O–H groups in total. The van der Waals surface area contributed by atoms with Crippen molar-refractivity contribution in [1.29, 1.82) is 0 Å². The number of nitrogens with one attached hydrogen (secondary N) is 1. The van der Waals surface area contributed by atoms with Gasteiger partial charge in [-0.3, -0.25) is 0 Å². The van der Waals surface area contributed by atoms with Crippen LogP contribution in [0.5, 0.6) is 5.75 Å². The first-order valence-electron chi connectivity index (χ1n) is 9.50. The van der Waals surface area contributed by atoms with Crippen LogP contribution >= 0.6 is 0 Å². The minimum Gasteiger partial charge on any atom is -0.490 e. The summed E-state index contributed by atoms with van der Waals surface area (Å²) in [5.74, 6) is 1.71. The predicted molar refractivity (Wildman–Crippen MR) is 98.5 cm³/mol. The summed E-state index contributed by atoms with van der Waals surface area (Å²) in [5.41, 5.74) is 7.14. The molecule has 134 valence electrons. The third-order valence-electron chi connectivity index (χ3n) is 5.30. The normalized spacial score (nSPS) is 33.9. The fourth-order valence-corrected chi connectivity index (χ4v) is 3.94. The molecule has 0 aromatic heterocycles. The standard InChI is InChI=1S/C20H32N2O2/c1-14-11-20(12-15(2)23-14)24-19-9-7-18(8-10-19)22-13-16-3-5-17(21)6-4-16/h7-10,14-17,20,22H,3-6,11-13,21H2,1-2H3/t14?,15?,16-,17-,20?. The minimum atomic E-state index is 0.258. The van der Waals surface area contributed by atoms with E-state index in [2.05, 4.69) is 43.4 Å². The number of hydrogen-bond donors (Lipinski definition) is 2. The largest absolute Gasteiger partial charge is 0.490 e. The lowest BCUT2D eigenvalue weighted by Crippen LogP contribution is -2.35. The van der Waals surface area contributed by atoms with Crippen LogP contribution in [-0.2, 0) is 4.74 Å². The van der Waals surface area contributed by atoms with Gasteiger partial charge in [-0.25, -0.2) is 0 Å². The lowest BCUT2D eigenvalue weighted by Gasteiger charge is -2.32. The first-order valence-corrected chi connectivity index (χ1v) is 9.50. The third kappa shape index (κ3) is 5.12. The Morgan fingerprint density at radius 2 is 1.67 bits per heavy atom. The van der Waals surface area contributed by atoms with Crippen molar-refractivity contribution in [3.05, 3.63) is 24.3 Å². The van der Waals surface area contributed by atoms with Gasteiger partial charge >= 0.3 is 0 Å². The zero-order chi connectivity index (χ0) is 16.9. The second kappa shape index (κ2) is 8.21. The van der Waals surface area contributed by atoms with E-state index in [0.29, 0.717) is 6.04 Å². The van der Waals surface area contributed by atoms with Gasteiger partial charge in [-0.05, 0) is 69.7 Å². The van der Waals surface area contributed by atoms with E-state index in [0.717, 1.165) is 31.1 Å². The maximum atomic E-state index is 6.14. The van der Waals surface area contributed by atoms with Crippen molar-refractivity contribution in [3.63, 3.8) is 0 Å². The number of nitrogens with two attached hydrogens (primary N) is 1. The van der Waals surface area contributed by atoms with Gasteiger partial charge in [0.25, 0.3) is 0 Å². The number of hydrogen-bond acceptors (Lipinski definition) is 4. The summed E-state index contributed by atoms with van der Waals surface area (Å²) in [5, 5.41) is 3.56. The number of anilines is 1. The van der Waals surface area contributed by atoms with Gasteiger partial charge in [0.1, 0.15) is 11.9 Å². The van der Waals surface area contributed by atoms with E-state index in [4.69, 9.17) is 15.2 Å². The van der Waals surface area contributed by atoms with Crippen LogP contribution in [0, 0.1) is 5.92 Å². The molecule has 1 aliphatic heterocycles. The Hall–Kier alpha value is -1.26. The highest BCUT2D eigenvalue weighted by atomic mass is 16.5. The van der Waals surface area contributed by atoms with E-state index in [9.17, 15) is 0 Å². The highest BCUT2D eigenvalue weighted by molar-refractivity contribution is 5.46. The summed E-state index contributed by atoms with van der Waals surface area (Å²) in [6, 6.07) is 8.81. The fourth-order valence-electron chi connectivity index (χ4n) is 3.94. The maximum Gasteiger partial charge on any atom is 0.119 e. The molecule has 4 nitrogen and oxygen atoms in total. The first-order chi connectivity index (χ1) is 11.6. The summed E-state index contributed by atoms with van der Waals surface area (Å²) < 4.78 is 11.9. The quantitative estimate of drug-likeness (QED) is 0.857. The fraction of sp³-hybridized carbons (Fsp3) is 0.700. The number of benzene rings is 1. The average Bonchev–Trinajstić information content (AvgIpc) is 2.55. The van der Waals surface area contributed by atoms with Crippen LogP contribution in [-0.4, -0.2) is 30.9 Å². The van der Waals surface area contributed by atoms with E-state index in [1.54, 1.807) is 0 Å². The summed E-state index contributed by atoms with van der Waals surface area (Å²) in [4.78, 5) is 0. The molecular formula is C20H32N2O2. The van der Waals surface area contributed by atoms with Crippen molar-refractivity contribution in [3.8, 4) is 5.75 Å². The third-order valence-corrected chi connectivity index (χ3v) is 5.30. The molecule has 2 atom stereocenters. The molecule has 0 bridgehead atoms. The lowest BCUT2D eigenvalue weighted by atomic mass is 9.86. The molecule has 0 amide bonds. The van der Waals surface area contributed by atoms with Crippen molar-refractivity contribution in [1.82, 2.24) is 0 Å². The predicted octanol–water partition coefficient (Wildman–Crippen LogP) is 3.95. The van der Waals surface area contributed by atoms with Crippen molar-refractivity contribution >= 4 is 5.69 Å². The van der Waals surface area contributed by atoms with Crippen molar-refractivity contribution in [2.45, 2.75) is 76.7 Å². The summed E-state index contributed by atoms with van der Waals surface area (Å²) in [6.45, 7) is 5.29. The van der Waals surface area contributed by atoms with Gasteiger partial charge in [0.05, 0.1) is 12.2 Å². The van der Waals surface area contributed by atoms with E-state index in [1.165, 1.54) is 31.4 Å². The zero-order valence-corrected chi connectivity index (χ0v) is 15.0. The average molecular weight is 332 g/mol. The Kier molecular flexibility index (Phi) is 6.01. The van der Waals surface area contributed by atoms with Gasteiger partial charge < -0.3 is 20.5 Å². The molecule has 24 heavy (non-hydrogen) atoms. The van der Waals surface area contributed by atoms with Crippen LogP contribution in [0.3, 0.4) is 0 Å². The number of rotatable bonds is 5. The molecule has 2 aliphatic rings. The van der Waals surface area contributed by atoms with Crippen molar-refractivity contribution in [2.24, 2.45) is 11.7 Å². The lowest BCUT2D eigenvalue weighted by molar-refractivity contribution is -0.0721. The van der Waals surface area contributed by atoms with Crippen LogP contribution in [0.1, 0.15) is 52.4 Å². The monoisotopic (exact) mass is 332 g/mol. The van der Waals surface area contributed by atoms with Crippen LogP contribution in [0.4, 0.5) is 5.69 Å². The zero-order valence-electron chi connectivity index (χ0n) is 15.0. The number of ether oxygens (including phenoxy) is 2. The van der Waals surface area contributed by atoms with E-state index >= 15 is 0 Å². The summed E-state index contributed by atoms with van der Waals surface area (Å²) in [7, 11) is 0. The molecule has 4 heteroatoms. The SMILES string of the molecule is CC1CC(Oc2ccc(NC[C@H]3CC[C@H](N)CC3)cc2)CC(C)O1. The Labute approximate surface area is 146 Å². The molecule has 0 radical (unpaired) electrons. The van der Waals surface area contributed by atoms with Gasteiger partial charge in [0.2, 0.25) is 0 Å². The van der Waals surface area contributed by atoms with E-state index in [-0.39, 0.29) is 18.3 Å². The molecule has 1 aliphatic carbocycles. The molecule has 1 heterocycles. The smallest absolute Gasteiger partial charge is 0.119 e. The van der Waals surface area contributed by atoms with Gasteiger partial charge in [0.15, 0.2) is 0 Å². The molecule has 2 fully saturated rings. The van der Waals surface area contributed by atoms with Gasteiger partial charge in [-0.2, -0.15) is 0 Å². The van der Waals surface area contributed by atoms with Crippen LogP contribution in [0.25, 0.3) is 0 Å². The topological polar surface area (TPSA) is 56.5 Å². The highest BCUT2D eigenvalue weighted by Crippen LogP contribution is 2.26. The maximum absolute atomic E-state index is 6.14. The summed E-state index contributed by atoms with van der Waals surface area (Å²) >= 11 is 0.